The third kappa shape index (κ3) is 0.994. The monoisotopic (exact) mass is 157 g/mol. The van der Waals surface area contributed by atoms with Crippen molar-refractivity contribution in [2.24, 2.45) is 0 Å². The summed E-state index contributed by atoms with van der Waals surface area (Å²) in [6, 6.07) is 0.612. The minimum atomic E-state index is -0.567. The first-order valence-electron chi connectivity index (χ1n) is 4.53. The fourth-order valence-corrected chi connectivity index (χ4v) is 2.73. The highest BCUT2D eigenvalue weighted by atomic mass is 19.1. The second-order valence-electron chi connectivity index (χ2n) is 4.34. The molecule has 11 heavy (non-hydrogen) atoms. The Hall–Kier alpha value is -0.110. The molecule has 2 fully saturated rings. The van der Waals surface area contributed by atoms with E-state index in [4.69, 9.17) is 0 Å². The van der Waals surface area contributed by atoms with E-state index in [1.807, 2.05) is 0 Å². The lowest BCUT2D eigenvalue weighted by molar-refractivity contribution is 0.174. The Balaban J connectivity index is 2.18. The van der Waals surface area contributed by atoms with Crippen LogP contribution >= 0.6 is 0 Å². The van der Waals surface area contributed by atoms with Gasteiger partial charge >= 0.3 is 0 Å². The van der Waals surface area contributed by atoms with Gasteiger partial charge in [0.15, 0.2) is 0 Å². The van der Waals surface area contributed by atoms with E-state index in [0.29, 0.717) is 12.6 Å². The maximum Gasteiger partial charge on any atom is 0.115 e. The molecule has 0 aliphatic carbocycles. The highest BCUT2D eigenvalue weighted by molar-refractivity contribution is 5.03. The topological polar surface area (TPSA) is 3.24 Å². The maximum absolute atomic E-state index is 13.0. The van der Waals surface area contributed by atoms with Crippen LogP contribution in [-0.2, 0) is 0 Å². The molecule has 2 saturated heterocycles. The van der Waals surface area contributed by atoms with Crippen molar-refractivity contribution in [2.75, 3.05) is 6.54 Å². The van der Waals surface area contributed by atoms with Gasteiger partial charge in [0.1, 0.15) is 6.17 Å². The largest absolute Gasteiger partial charge is 0.292 e. The van der Waals surface area contributed by atoms with Crippen molar-refractivity contribution in [3.8, 4) is 0 Å². The highest BCUT2D eigenvalue weighted by Crippen LogP contribution is 2.42. The molecule has 0 unspecified atom stereocenters. The molecule has 3 atom stereocenters. The lowest BCUT2D eigenvalue weighted by Gasteiger charge is -2.29. The molecule has 2 heterocycles. The lowest BCUT2D eigenvalue weighted by atomic mass is 9.96. The van der Waals surface area contributed by atoms with Gasteiger partial charge in [0.05, 0.1) is 0 Å². The van der Waals surface area contributed by atoms with Crippen LogP contribution in [0.5, 0.6) is 0 Å². The van der Waals surface area contributed by atoms with E-state index in [0.717, 1.165) is 6.42 Å². The van der Waals surface area contributed by atoms with Gasteiger partial charge in [-0.25, -0.2) is 4.39 Å². The van der Waals surface area contributed by atoms with E-state index in [1.54, 1.807) is 0 Å². The summed E-state index contributed by atoms with van der Waals surface area (Å²) in [5.74, 6) is 0. The summed E-state index contributed by atoms with van der Waals surface area (Å²) in [5.41, 5.74) is 0.207. The number of hydrogen-bond acceptors (Lipinski definition) is 1. The lowest BCUT2D eigenvalue weighted by Crippen LogP contribution is -2.38. The Kier molecular flexibility index (Phi) is 1.50. The quantitative estimate of drug-likeness (QED) is 0.519. The standard InChI is InChI=1S/C9H16FN/c1-7-3-4-9(2)5-8(10)6-11(7)9/h7-8H,3-6H2,1-2H3/t7-,8+,9-/m0/s1. The van der Waals surface area contributed by atoms with E-state index < -0.39 is 6.17 Å². The summed E-state index contributed by atoms with van der Waals surface area (Å²) in [6.07, 6.45) is 2.64. The van der Waals surface area contributed by atoms with Crippen molar-refractivity contribution in [2.45, 2.75) is 50.9 Å². The molecular formula is C9H16FN. The molecule has 0 aromatic carbocycles. The Morgan fingerprint density at radius 2 is 2.27 bits per heavy atom. The number of hydrogen-bond donors (Lipinski definition) is 0. The van der Waals surface area contributed by atoms with Crippen molar-refractivity contribution in [3.63, 3.8) is 0 Å². The van der Waals surface area contributed by atoms with Crippen molar-refractivity contribution in [1.29, 1.82) is 0 Å². The van der Waals surface area contributed by atoms with Gasteiger partial charge in [-0.3, -0.25) is 4.90 Å². The van der Waals surface area contributed by atoms with Crippen molar-refractivity contribution in [1.82, 2.24) is 4.90 Å². The average Bonchev–Trinajstić information content (AvgIpc) is 2.32. The molecule has 2 aliphatic rings. The van der Waals surface area contributed by atoms with Crippen molar-refractivity contribution in [3.05, 3.63) is 0 Å². The third-order valence-electron chi connectivity index (χ3n) is 3.38. The predicted molar refractivity (Wildman–Crippen MR) is 43.3 cm³/mol. The highest BCUT2D eigenvalue weighted by Gasteiger charge is 2.48. The summed E-state index contributed by atoms with van der Waals surface area (Å²) in [7, 11) is 0. The first kappa shape index (κ1) is 7.53. The Morgan fingerprint density at radius 1 is 1.55 bits per heavy atom. The molecule has 0 spiro atoms. The number of alkyl halides is 1. The van der Waals surface area contributed by atoms with Crippen LogP contribution in [0, 0.1) is 0 Å². The fourth-order valence-electron chi connectivity index (χ4n) is 2.73. The van der Waals surface area contributed by atoms with Gasteiger partial charge in [0.25, 0.3) is 0 Å². The van der Waals surface area contributed by atoms with E-state index in [2.05, 4.69) is 18.7 Å². The van der Waals surface area contributed by atoms with Gasteiger partial charge in [0, 0.05) is 18.1 Å². The molecule has 0 saturated carbocycles. The van der Waals surface area contributed by atoms with E-state index in [-0.39, 0.29) is 5.54 Å². The zero-order chi connectivity index (χ0) is 8.06. The molecule has 0 aromatic rings. The molecule has 1 nitrogen and oxygen atoms in total. The SMILES string of the molecule is C[C@H]1CC[C@@]2(C)C[C@@H](F)CN12. The molecule has 2 rings (SSSR count). The van der Waals surface area contributed by atoms with Crippen LogP contribution in [0.2, 0.25) is 0 Å². The third-order valence-corrected chi connectivity index (χ3v) is 3.38. The summed E-state index contributed by atoms with van der Waals surface area (Å²) in [4.78, 5) is 2.34. The molecule has 0 aromatic heterocycles. The van der Waals surface area contributed by atoms with Gasteiger partial charge in [0.2, 0.25) is 0 Å². The van der Waals surface area contributed by atoms with E-state index in [9.17, 15) is 4.39 Å². The van der Waals surface area contributed by atoms with Crippen LogP contribution in [0.15, 0.2) is 0 Å². The van der Waals surface area contributed by atoms with E-state index >= 15 is 0 Å². The van der Waals surface area contributed by atoms with Gasteiger partial charge < -0.3 is 0 Å². The zero-order valence-electron chi connectivity index (χ0n) is 7.31. The average molecular weight is 157 g/mol. The number of nitrogens with zero attached hydrogens (tertiary/aromatic N) is 1. The van der Waals surface area contributed by atoms with Crippen LogP contribution in [0.4, 0.5) is 4.39 Å². The second-order valence-corrected chi connectivity index (χ2v) is 4.34. The molecule has 2 aliphatic heterocycles. The predicted octanol–water partition coefficient (Wildman–Crippen LogP) is 1.97. The Labute approximate surface area is 67.6 Å². The zero-order valence-corrected chi connectivity index (χ0v) is 7.31. The summed E-state index contributed by atoms with van der Waals surface area (Å²) in [6.45, 7) is 5.09. The molecule has 0 bridgehead atoms. The fraction of sp³-hybridized carbons (Fsp3) is 1.00. The number of fused-ring (bicyclic) bond motifs is 1. The first-order valence-corrected chi connectivity index (χ1v) is 4.53. The van der Waals surface area contributed by atoms with Gasteiger partial charge in [-0.05, 0) is 33.1 Å². The molecule has 64 valence electrons. The van der Waals surface area contributed by atoms with Crippen LogP contribution in [0.25, 0.3) is 0 Å². The van der Waals surface area contributed by atoms with Crippen molar-refractivity contribution >= 4 is 0 Å². The second kappa shape index (κ2) is 2.19. The molecule has 0 amide bonds. The smallest absolute Gasteiger partial charge is 0.115 e. The van der Waals surface area contributed by atoms with Gasteiger partial charge in [-0.15, -0.1) is 0 Å². The minimum Gasteiger partial charge on any atom is -0.292 e. The van der Waals surface area contributed by atoms with Crippen LogP contribution in [0.3, 0.4) is 0 Å². The maximum atomic E-state index is 13.0. The van der Waals surface area contributed by atoms with Crippen LogP contribution < -0.4 is 0 Å². The summed E-state index contributed by atoms with van der Waals surface area (Å²) >= 11 is 0. The minimum absolute atomic E-state index is 0.207. The van der Waals surface area contributed by atoms with E-state index in [1.165, 1.54) is 12.8 Å². The number of rotatable bonds is 0. The summed E-state index contributed by atoms with van der Waals surface area (Å²) < 4.78 is 13.0. The van der Waals surface area contributed by atoms with Gasteiger partial charge in [-0.2, -0.15) is 0 Å². The first-order chi connectivity index (χ1) is 5.12. The normalized spacial score (nSPS) is 51.5. The Bertz CT molecular complexity index is 171. The van der Waals surface area contributed by atoms with Crippen LogP contribution in [0.1, 0.15) is 33.1 Å². The molecule has 2 heteroatoms. The molecule has 0 N–H and O–H groups in total. The molecular weight excluding hydrogens is 141 g/mol. The Morgan fingerprint density at radius 3 is 2.91 bits per heavy atom. The van der Waals surface area contributed by atoms with Crippen molar-refractivity contribution < 1.29 is 4.39 Å². The molecule has 0 radical (unpaired) electrons. The van der Waals surface area contributed by atoms with Gasteiger partial charge in [-0.1, -0.05) is 0 Å². The summed E-state index contributed by atoms with van der Waals surface area (Å²) in [5, 5.41) is 0. The number of halogens is 1. The van der Waals surface area contributed by atoms with Crippen LogP contribution in [-0.4, -0.2) is 29.2 Å².